The lowest BCUT2D eigenvalue weighted by molar-refractivity contribution is -0.124. The van der Waals surface area contributed by atoms with Gasteiger partial charge in [-0.15, -0.1) is 0 Å². The number of carbonyl (C=O) groups is 1. The Bertz CT molecular complexity index is 414. The highest BCUT2D eigenvalue weighted by molar-refractivity contribution is 5.94. The van der Waals surface area contributed by atoms with Crippen LogP contribution in [0.5, 0.6) is 0 Å². The monoisotopic (exact) mass is 220 g/mol. The molecule has 0 radical (unpaired) electrons. The average molecular weight is 220 g/mol. The third kappa shape index (κ3) is 2.42. The molecule has 1 fully saturated rings. The number of carbonyl (C=O) groups excluding carboxylic acids is 1. The molecule has 0 saturated carbocycles. The van der Waals surface area contributed by atoms with Crippen molar-refractivity contribution in [1.82, 2.24) is 0 Å². The molecule has 1 atom stereocenters. The Labute approximate surface area is 97.2 Å². The van der Waals surface area contributed by atoms with E-state index in [0.29, 0.717) is 12.6 Å². The molecule has 16 heavy (non-hydrogen) atoms. The Kier molecular flexibility index (Phi) is 3.15. The maximum absolute atomic E-state index is 11.9. The van der Waals surface area contributed by atoms with Gasteiger partial charge in [-0.05, 0) is 30.9 Å². The van der Waals surface area contributed by atoms with E-state index in [1.807, 2.05) is 13.0 Å². The summed E-state index contributed by atoms with van der Waals surface area (Å²) in [6.45, 7) is 2.65. The van der Waals surface area contributed by atoms with E-state index in [-0.39, 0.29) is 12.0 Å². The van der Waals surface area contributed by atoms with E-state index < -0.39 is 0 Å². The zero-order valence-electron chi connectivity index (χ0n) is 10.5. The molecular weight excluding hydrogens is 202 g/mol. The number of hydrogen-bond donors (Lipinski definition) is 1. The maximum atomic E-state index is 11.9. The zero-order chi connectivity index (χ0) is 12.3. The molecule has 1 aromatic rings. The molecule has 1 N–H and O–H groups in total. The Hall–Kier alpha value is -1.35. The second-order valence-corrected chi connectivity index (χ2v) is 3.91. The second kappa shape index (κ2) is 5.12. The predicted molar refractivity (Wildman–Crippen MR) is 63.4 cm³/mol. The van der Waals surface area contributed by atoms with Crippen LogP contribution in [0.25, 0.3) is 0 Å². The van der Waals surface area contributed by atoms with Gasteiger partial charge in [-0.1, -0.05) is 25.1 Å². The van der Waals surface area contributed by atoms with Gasteiger partial charge < -0.3 is 10.1 Å². The molecule has 1 saturated heterocycles. The van der Waals surface area contributed by atoms with Gasteiger partial charge in [0.05, 0.1) is 1.37 Å². The van der Waals surface area contributed by atoms with E-state index in [1.165, 1.54) is 0 Å². The first-order chi connectivity index (χ1) is 8.22. The van der Waals surface area contributed by atoms with Crippen LogP contribution < -0.4 is 5.32 Å². The summed E-state index contributed by atoms with van der Waals surface area (Å²) in [6, 6.07) is 5.83. The first kappa shape index (κ1) is 9.85. The molecule has 0 aliphatic carbocycles. The van der Waals surface area contributed by atoms with Crippen LogP contribution in [0.1, 0.15) is 26.7 Å². The highest BCUT2D eigenvalue weighted by Crippen LogP contribution is 2.18. The number of benzene rings is 1. The summed E-state index contributed by atoms with van der Waals surface area (Å²) >= 11 is 0. The molecule has 1 aliphatic heterocycles. The standard InChI is InChI=1S/C13H17NO2/c1-2-10-6-3-4-7-11(10)14-13(15)12-8-5-9-16-12/h3-4,6-7,12H,2,5,8-9H2,1H3,(H,14,15)/t12-/m1/s1/i6D. The van der Waals surface area contributed by atoms with E-state index in [2.05, 4.69) is 5.32 Å². The average Bonchev–Trinajstić information content (AvgIpc) is 2.82. The number of amides is 1. The van der Waals surface area contributed by atoms with Gasteiger partial charge in [0.1, 0.15) is 6.10 Å². The van der Waals surface area contributed by atoms with E-state index in [4.69, 9.17) is 6.11 Å². The lowest BCUT2D eigenvalue weighted by atomic mass is 10.1. The Morgan fingerprint density at radius 3 is 3.25 bits per heavy atom. The fraction of sp³-hybridized carbons (Fsp3) is 0.462. The van der Waals surface area contributed by atoms with Gasteiger partial charge >= 0.3 is 0 Å². The van der Waals surface area contributed by atoms with Crippen LogP contribution >= 0.6 is 0 Å². The van der Waals surface area contributed by atoms with Crippen molar-refractivity contribution in [3.63, 3.8) is 0 Å². The number of nitrogens with one attached hydrogen (secondary N) is 1. The number of rotatable bonds is 3. The van der Waals surface area contributed by atoms with Crippen LogP contribution in [-0.4, -0.2) is 18.6 Å². The van der Waals surface area contributed by atoms with Crippen molar-refractivity contribution in [3.05, 3.63) is 29.8 Å². The highest BCUT2D eigenvalue weighted by atomic mass is 16.5. The number of hydrogen-bond acceptors (Lipinski definition) is 2. The second-order valence-electron chi connectivity index (χ2n) is 3.91. The number of anilines is 1. The maximum Gasteiger partial charge on any atom is 0.253 e. The normalized spacial score (nSPS) is 20.6. The van der Waals surface area contributed by atoms with Crippen LogP contribution in [-0.2, 0) is 16.0 Å². The summed E-state index contributed by atoms with van der Waals surface area (Å²) in [5.41, 5.74) is 1.61. The first-order valence-electron chi connectivity index (χ1n) is 6.23. The van der Waals surface area contributed by atoms with Crippen molar-refractivity contribution in [2.24, 2.45) is 0 Å². The fourth-order valence-electron chi connectivity index (χ4n) is 1.88. The summed E-state index contributed by atoms with van der Waals surface area (Å²) in [5.74, 6) is -0.0946. The van der Waals surface area contributed by atoms with E-state index in [0.717, 1.165) is 30.5 Å². The summed E-state index contributed by atoms with van der Waals surface area (Å²) in [4.78, 5) is 11.9. The van der Waals surface area contributed by atoms with E-state index >= 15 is 0 Å². The third-order valence-electron chi connectivity index (χ3n) is 2.78. The fourth-order valence-corrected chi connectivity index (χ4v) is 1.88. The van der Waals surface area contributed by atoms with Crippen LogP contribution in [0.2, 0.25) is 0 Å². The highest BCUT2D eigenvalue weighted by Gasteiger charge is 2.23. The minimum Gasteiger partial charge on any atom is -0.368 e. The van der Waals surface area contributed by atoms with E-state index in [9.17, 15) is 4.79 Å². The van der Waals surface area contributed by atoms with Gasteiger partial charge in [-0.3, -0.25) is 4.79 Å². The van der Waals surface area contributed by atoms with Gasteiger partial charge in [0, 0.05) is 12.3 Å². The summed E-state index contributed by atoms with van der Waals surface area (Å²) < 4.78 is 13.1. The minimum absolute atomic E-state index is 0.0946. The van der Waals surface area contributed by atoms with Gasteiger partial charge in [0.15, 0.2) is 0 Å². The Balaban J connectivity index is 2.12. The smallest absolute Gasteiger partial charge is 0.253 e. The summed E-state index contributed by atoms with van der Waals surface area (Å²) in [5, 5.41) is 2.86. The molecule has 3 heteroatoms. The van der Waals surface area contributed by atoms with Crippen LogP contribution in [0.15, 0.2) is 24.2 Å². The number of ether oxygens (including phenoxy) is 1. The van der Waals surface area contributed by atoms with Gasteiger partial charge in [-0.2, -0.15) is 0 Å². The lowest BCUT2D eigenvalue weighted by Gasteiger charge is -2.12. The molecule has 0 bridgehead atoms. The van der Waals surface area contributed by atoms with Gasteiger partial charge in [-0.25, -0.2) is 0 Å². The molecule has 2 rings (SSSR count). The van der Waals surface area contributed by atoms with E-state index in [1.54, 1.807) is 12.1 Å². The Morgan fingerprint density at radius 2 is 2.56 bits per heavy atom. The predicted octanol–water partition coefficient (Wildman–Crippen LogP) is 2.37. The van der Waals surface area contributed by atoms with Crippen molar-refractivity contribution in [1.29, 1.82) is 0 Å². The quantitative estimate of drug-likeness (QED) is 0.849. The topological polar surface area (TPSA) is 38.3 Å². The molecule has 0 aromatic heterocycles. The third-order valence-corrected chi connectivity index (χ3v) is 2.78. The summed E-state index contributed by atoms with van der Waals surface area (Å²) in [6.07, 6.45) is 2.14. The van der Waals surface area contributed by atoms with Crippen molar-refractivity contribution >= 4 is 11.6 Å². The van der Waals surface area contributed by atoms with Crippen molar-refractivity contribution in [3.8, 4) is 0 Å². The lowest BCUT2D eigenvalue weighted by Crippen LogP contribution is -2.27. The van der Waals surface area contributed by atoms with Crippen LogP contribution in [0, 0.1) is 0 Å². The molecule has 1 aliphatic rings. The number of para-hydroxylation sites is 1. The molecule has 0 spiro atoms. The SMILES string of the molecule is [2H]c1cccc(NC(=O)[C@H]2CCCO2)c1CC. The molecular formula is C13H17NO2. The largest absolute Gasteiger partial charge is 0.368 e. The molecule has 0 unspecified atom stereocenters. The molecule has 86 valence electrons. The first-order valence-corrected chi connectivity index (χ1v) is 5.73. The van der Waals surface area contributed by atoms with Crippen molar-refractivity contribution < 1.29 is 10.9 Å². The van der Waals surface area contributed by atoms with Crippen molar-refractivity contribution in [2.75, 3.05) is 11.9 Å². The molecule has 3 nitrogen and oxygen atoms in total. The minimum atomic E-state index is -0.325. The zero-order valence-corrected chi connectivity index (χ0v) is 9.45. The van der Waals surface area contributed by atoms with Gasteiger partial charge in [0.25, 0.3) is 5.91 Å². The molecule has 1 heterocycles. The van der Waals surface area contributed by atoms with Crippen LogP contribution in [0.3, 0.4) is 0 Å². The molecule has 1 aromatic carbocycles. The van der Waals surface area contributed by atoms with Gasteiger partial charge in [0.2, 0.25) is 0 Å². The Morgan fingerprint density at radius 1 is 1.69 bits per heavy atom. The van der Waals surface area contributed by atoms with Crippen molar-refractivity contribution in [2.45, 2.75) is 32.3 Å². The van der Waals surface area contributed by atoms with Crippen LogP contribution in [0.4, 0.5) is 5.69 Å². The summed E-state index contributed by atoms with van der Waals surface area (Å²) in [7, 11) is 0. The molecule has 1 amide bonds.